The lowest BCUT2D eigenvalue weighted by Crippen LogP contribution is -2.34. The molecular weight excluding hydrogens is 430 g/mol. The average Bonchev–Trinajstić information content (AvgIpc) is 2.82. The molecule has 0 N–H and O–H groups in total. The zero-order valence-electron chi connectivity index (χ0n) is 17.1. The van der Waals surface area contributed by atoms with Crippen molar-refractivity contribution in [1.29, 1.82) is 0 Å². The molecule has 0 atom stereocenters. The van der Waals surface area contributed by atoms with Gasteiger partial charge in [0.05, 0.1) is 15.4 Å². The van der Waals surface area contributed by atoms with Crippen molar-refractivity contribution in [2.75, 3.05) is 18.1 Å². The van der Waals surface area contributed by atoms with Crippen LogP contribution < -0.4 is 4.90 Å². The number of likely N-dealkylation sites (N-methyl/N-ethyl adjacent to an activating group) is 1. The first-order valence-corrected chi connectivity index (χ1v) is 11.4. The number of anilines is 1. The first-order chi connectivity index (χ1) is 15.3. The third-order valence-electron chi connectivity index (χ3n) is 5.18. The predicted molar refractivity (Wildman–Crippen MR) is 117 cm³/mol. The van der Waals surface area contributed by atoms with Crippen molar-refractivity contribution in [3.63, 3.8) is 0 Å². The maximum absolute atomic E-state index is 13.0. The number of sulfone groups is 1. The monoisotopic (exact) mass is 449 g/mol. The Morgan fingerprint density at radius 2 is 1.53 bits per heavy atom. The Balaban J connectivity index is 1.56. The average molecular weight is 449 g/mol. The second-order valence-corrected chi connectivity index (χ2v) is 8.98. The summed E-state index contributed by atoms with van der Waals surface area (Å²) in [5.41, 5.74) is 0.710. The van der Waals surface area contributed by atoms with E-state index in [1.807, 2.05) is 6.07 Å². The van der Waals surface area contributed by atoms with Crippen LogP contribution in [0.1, 0.15) is 33.2 Å². The molecule has 1 heterocycles. The maximum Gasteiger partial charge on any atom is 0.338 e. The topological polar surface area (TPSA) is 97.8 Å². The molecule has 8 heteroatoms. The molecular formula is C24H19NO6S. The predicted octanol–water partition coefficient (Wildman–Crippen LogP) is 3.27. The Hall–Kier alpha value is -3.78. The van der Waals surface area contributed by atoms with E-state index in [4.69, 9.17) is 4.74 Å². The van der Waals surface area contributed by atoms with Crippen LogP contribution in [-0.2, 0) is 19.4 Å². The first kappa shape index (κ1) is 21.5. The van der Waals surface area contributed by atoms with Gasteiger partial charge in [-0.1, -0.05) is 30.3 Å². The van der Waals surface area contributed by atoms with E-state index < -0.39 is 34.1 Å². The third kappa shape index (κ3) is 3.69. The van der Waals surface area contributed by atoms with Crippen molar-refractivity contribution in [2.45, 2.75) is 16.7 Å². The number of ether oxygens (including phenoxy) is 1. The lowest BCUT2D eigenvalue weighted by Gasteiger charge is -2.21. The lowest BCUT2D eigenvalue weighted by atomic mass is 10.0. The van der Waals surface area contributed by atoms with E-state index in [-0.39, 0.29) is 26.5 Å². The molecule has 162 valence electrons. The van der Waals surface area contributed by atoms with Crippen LogP contribution in [0.15, 0.2) is 82.6 Å². The molecule has 0 spiro atoms. The molecule has 3 aromatic carbocycles. The molecule has 0 bridgehead atoms. The Labute approximate surface area is 185 Å². The van der Waals surface area contributed by atoms with Gasteiger partial charge >= 0.3 is 5.97 Å². The van der Waals surface area contributed by atoms with Gasteiger partial charge in [-0.3, -0.25) is 9.59 Å². The Morgan fingerprint density at radius 1 is 0.875 bits per heavy atom. The molecule has 0 saturated carbocycles. The van der Waals surface area contributed by atoms with Gasteiger partial charge in [-0.2, -0.15) is 0 Å². The molecule has 0 aromatic heterocycles. The number of para-hydroxylation sites is 1. The number of nitrogens with zero attached hydrogens (tertiary/aromatic N) is 1. The third-order valence-corrected chi connectivity index (χ3v) is 7.04. The van der Waals surface area contributed by atoms with Crippen LogP contribution in [-0.4, -0.2) is 39.2 Å². The van der Waals surface area contributed by atoms with Crippen LogP contribution in [0.5, 0.6) is 0 Å². The second kappa shape index (κ2) is 8.39. The van der Waals surface area contributed by atoms with Crippen molar-refractivity contribution in [3.05, 3.63) is 89.5 Å². The number of hydrogen-bond donors (Lipinski definition) is 0. The molecule has 0 radical (unpaired) electrons. The minimum atomic E-state index is -3.98. The van der Waals surface area contributed by atoms with Crippen LogP contribution in [0.3, 0.4) is 0 Å². The van der Waals surface area contributed by atoms with E-state index >= 15 is 0 Å². The molecule has 1 aliphatic heterocycles. The fourth-order valence-electron chi connectivity index (χ4n) is 3.61. The van der Waals surface area contributed by atoms with Crippen molar-refractivity contribution < 1.29 is 27.5 Å². The highest BCUT2D eigenvalue weighted by Crippen LogP contribution is 2.34. The molecule has 0 aliphatic carbocycles. The van der Waals surface area contributed by atoms with Gasteiger partial charge in [-0.05, 0) is 49.4 Å². The summed E-state index contributed by atoms with van der Waals surface area (Å²) in [4.78, 5) is 38.9. The summed E-state index contributed by atoms with van der Waals surface area (Å²) < 4.78 is 31.1. The molecule has 3 aromatic rings. The van der Waals surface area contributed by atoms with Crippen LogP contribution in [0.2, 0.25) is 0 Å². The van der Waals surface area contributed by atoms with Gasteiger partial charge in [0.1, 0.15) is 0 Å². The van der Waals surface area contributed by atoms with Crippen LogP contribution >= 0.6 is 0 Å². The van der Waals surface area contributed by atoms with E-state index in [1.54, 1.807) is 37.3 Å². The summed E-state index contributed by atoms with van der Waals surface area (Å²) in [6.07, 6.45) is 0. The van der Waals surface area contributed by atoms with Crippen molar-refractivity contribution in [3.8, 4) is 0 Å². The van der Waals surface area contributed by atoms with Crippen molar-refractivity contribution >= 4 is 33.2 Å². The number of fused-ring (bicyclic) bond motifs is 2. The van der Waals surface area contributed by atoms with E-state index in [0.717, 1.165) is 6.07 Å². The molecule has 1 amide bonds. The normalized spacial score (nSPS) is 13.6. The summed E-state index contributed by atoms with van der Waals surface area (Å²) in [6, 6.07) is 18.6. The van der Waals surface area contributed by atoms with Gasteiger partial charge in [0, 0.05) is 23.4 Å². The fraction of sp³-hybridized carbons (Fsp3) is 0.125. The van der Waals surface area contributed by atoms with E-state index in [1.165, 1.54) is 35.2 Å². The number of esters is 1. The maximum atomic E-state index is 13.0. The second-order valence-electron chi connectivity index (χ2n) is 7.09. The molecule has 0 unspecified atom stereocenters. The Morgan fingerprint density at radius 3 is 2.25 bits per heavy atom. The van der Waals surface area contributed by atoms with Crippen molar-refractivity contribution in [2.24, 2.45) is 0 Å². The standard InChI is InChI=1S/C24H19NO6S/c1-2-25(17-8-4-3-5-9-17)22(26)15-31-24(28)16-12-13-19-21(14-16)32(29,30)20-11-7-6-10-18(20)23(19)27/h3-14H,2,15H2,1H3. The zero-order chi connectivity index (χ0) is 22.9. The van der Waals surface area contributed by atoms with Gasteiger partial charge < -0.3 is 9.64 Å². The van der Waals surface area contributed by atoms with Gasteiger partial charge in [-0.15, -0.1) is 0 Å². The van der Waals surface area contributed by atoms with Crippen LogP contribution in [0.25, 0.3) is 0 Å². The number of amides is 1. The van der Waals surface area contributed by atoms with Gasteiger partial charge in [0.25, 0.3) is 5.91 Å². The summed E-state index contributed by atoms with van der Waals surface area (Å²) >= 11 is 0. The summed E-state index contributed by atoms with van der Waals surface area (Å²) in [7, 11) is -3.98. The lowest BCUT2D eigenvalue weighted by molar-refractivity contribution is -0.121. The number of rotatable bonds is 5. The van der Waals surface area contributed by atoms with E-state index in [2.05, 4.69) is 0 Å². The molecule has 4 rings (SSSR count). The zero-order valence-corrected chi connectivity index (χ0v) is 18.0. The highest BCUT2D eigenvalue weighted by atomic mass is 32.2. The SMILES string of the molecule is CCN(C(=O)COC(=O)c1ccc2c(c1)S(=O)(=O)c1ccccc1C2=O)c1ccccc1. The van der Waals surface area contributed by atoms with E-state index in [0.29, 0.717) is 12.2 Å². The number of ketones is 1. The van der Waals surface area contributed by atoms with Crippen molar-refractivity contribution in [1.82, 2.24) is 0 Å². The molecule has 7 nitrogen and oxygen atoms in total. The molecule has 1 aliphatic rings. The summed E-state index contributed by atoms with van der Waals surface area (Å²) in [5, 5.41) is 0. The molecule has 0 fully saturated rings. The quantitative estimate of drug-likeness (QED) is 0.434. The Kier molecular flexibility index (Phi) is 5.63. The van der Waals surface area contributed by atoms with Crippen LogP contribution in [0.4, 0.5) is 5.69 Å². The van der Waals surface area contributed by atoms with E-state index in [9.17, 15) is 22.8 Å². The minimum Gasteiger partial charge on any atom is -0.452 e. The van der Waals surface area contributed by atoms with Gasteiger partial charge in [0.2, 0.25) is 9.84 Å². The summed E-state index contributed by atoms with van der Waals surface area (Å²) in [6.45, 7) is 1.68. The molecule has 32 heavy (non-hydrogen) atoms. The highest BCUT2D eigenvalue weighted by molar-refractivity contribution is 7.91. The number of benzene rings is 3. The Bertz CT molecular complexity index is 1330. The fourth-order valence-corrected chi connectivity index (χ4v) is 5.29. The first-order valence-electron chi connectivity index (χ1n) is 9.90. The highest BCUT2D eigenvalue weighted by Gasteiger charge is 2.35. The smallest absolute Gasteiger partial charge is 0.338 e. The summed E-state index contributed by atoms with van der Waals surface area (Å²) in [5.74, 6) is -1.70. The van der Waals surface area contributed by atoms with Gasteiger partial charge in [-0.25, -0.2) is 13.2 Å². The van der Waals surface area contributed by atoms with Crippen LogP contribution in [0, 0.1) is 0 Å². The number of carbonyl (C=O) groups is 3. The molecule has 0 saturated heterocycles. The minimum absolute atomic E-state index is 0.00226. The largest absolute Gasteiger partial charge is 0.452 e. The van der Waals surface area contributed by atoms with Gasteiger partial charge in [0.15, 0.2) is 12.4 Å². The number of carbonyl (C=O) groups excluding carboxylic acids is 3. The number of hydrogen-bond acceptors (Lipinski definition) is 6.